The molecule has 0 aliphatic heterocycles. The molecule has 0 radical (unpaired) electrons. The van der Waals surface area contributed by atoms with Crippen molar-refractivity contribution in [1.29, 1.82) is 0 Å². The van der Waals surface area contributed by atoms with E-state index >= 15 is 0 Å². The number of ether oxygens (including phenoxy) is 1. The normalized spacial score (nSPS) is 13.5. The van der Waals surface area contributed by atoms with Crippen LogP contribution in [0.3, 0.4) is 0 Å². The van der Waals surface area contributed by atoms with Crippen LogP contribution in [0.15, 0.2) is 42.9 Å². The van der Waals surface area contributed by atoms with Crippen LogP contribution < -0.4 is 10.2 Å². The van der Waals surface area contributed by atoms with Crippen molar-refractivity contribution in [2.24, 2.45) is 0 Å². The number of aromatic nitrogens is 3. The van der Waals surface area contributed by atoms with Crippen LogP contribution in [-0.2, 0) is 4.43 Å². The molecule has 1 atom stereocenters. The van der Waals surface area contributed by atoms with Gasteiger partial charge in [0, 0.05) is 12.4 Å². The molecule has 2 N–H and O–H groups in total. The molecule has 0 aliphatic carbocycles. The summed E-state index contributed by atoms with van der Waals surface area (Å²) in [5.74, 6) is -0.0896. The minimum absolute atomic E-state index is 0.00625. The quantitative estimate of drug-likeness (QED) is 0.560. The van der Waals surface area contributed by atoms with Crippen LogP contribution in [-0.4, -0.2) is 46.5 Å². The molecule has 0 aliphatic rings. The van der Waals surface area contributed by atoms with Crippen LogP contribution in [0.4, 0.5) is 4.39 Å². The summed E-state index contributed by atoms with van der Waals surface area (Å²) in [6.45, 7) is 10.9. The van der Waals surface area contributed by atoms with Crippen LogP contribution in [0.25, 0.3) is 5.65 Å². The Morgan fingerprint density at radius 1 is 1.20 bits per heavy atom. The predicted octanol–water partition coefficient (Wildman–Crippen LogP) is 2.69. The molecule has 3 rings (SSSR count). The van der Waals surface area contributed by atoms with Gasteiger partial charge in [-0.2, -0.15) is 0 Å². The molecule has 0 fully saturated rings. The number of hydrogen-bond acceptors (Lipinski definition) is 6. The van der Waals surface area contributed by atoms with Crippen molar-refractivity contribution in [3.63, 3.8) is 0 Å². The molecule has 3 aromatic rings. The van der Waals surface area contributed by atoms with E-state index in [-0.39, 0.29) is 17.1 Å². The zero-order chi connectivity index (χ0) is 22.1. The summed E-state index contributed by atoms with van der Waals surface area (Å²) in [4.78, 5) is 8.38. The van der Waals surface area contributed by atoms with Crippen LogP contribution >= 0.6 is 0 Å². The maximum atomic E-state index is 13.4. The molecule has 0 bridgehead atoms. The van der Waals surface area contributed by atoms with Gasteiger partial charge in [0.15, 0.2) is 20.3 Å². The zero-order valence-corrected chi connectivity index (χ0v) is 18.8. The molecule has 0 aromatic carbocycles. The summed E-state index contributed by atoms with van der Waals surface area (Å²) in [6.07, 6.45) is 3.81. The van der Waals surface area contributed by atoms with Gasteiger partial charge in [-0.1, -0.05) is 20.8 Å². The van der Waals surface area contributed by atoms with Gasteiger partial charge in [-0.3, -0.25) is 9.38 Å². The third-order valence-corrected chi connectivity index (χ3v) is 10.0. The molecule has 0 amide bonds. The van der Waals surface area contributed by atoms with Crippen LogP contribution in [0.2, 0.25) is 18.1 Å². The largest absolute Gasteiger partial charge is 0.488 e. The average molecular weight is 431 g/mol. The fourth-order valence-corrected chi connectivity index (χ4v) is 3.66. The number of hydrogen-bond donors (Lipinski definition) is 2. The van der Waals surface area contributed by atoms with Crippen molar-refractivity contribution in [2.75, 3.05) is 6.61 Å². The first-order valence-corrected chi connectivity index (χ1v) is 12.6. The summed E-state index contributed by atoms with van der Waals surface area (Å²) in [6, 6.07) is 5.98. The van der Waals surface area contributed by atoms with Crippen molar-refractivity contribution >= 4 is 26.5 Å². The summed E-state index contributed by atoms with van der Waals surface area (Å²) in [5, 5.41) is 19.2. The number of fused-ring (bicyclic) bond motifs is 1. The fraction of sp³-hybridized carbons (Fsp3) is 0.400. The van der Waals surface area contributed by atoms with E-state index in [9.17, 15) is 14.4 Å². The van der Waals surface area contributed by atoms with E-state index in [2.05, 4.69) is 43.8 Å². The van der Waals surface area contributed by atoms with Crippen LogP contribution in [0.1, 0.15) is 32.6 Å². The fourth-order valence-electron chi connectivity index (χ4n) is 2.65. The average Bonchev–Trinajstić information content (AvgIpc) is 3.13. The molecule has 10 heteroatoms. The van der Waals surface area contributed by atoms with Gasteiger partial charge in [-0.15, -0.1) is 0 Å². The lowest BCUT2D eigenvalue weighted by Gasteiger charge is -2.37. The molecule has 0 saturated carbocycles. The summed E-state index contributed by atoms with van der Waals surface area (Å²) in [5.41, 5.74) is 1.27. The molecule has 0 saturated heterocycles. The zero-order valence-electron chi connectivity index (χ0n) is 17.8. The summed E-state index contributed by atoms with van der Waals surface area (Å²) >= 11 is 0. The Kier molecular flexibility index (Phi) is 6.32. The Labute approximate surface area is 176 Å². The van der Waals surface area contributed by atoms with Gasteiger partial charge < -0.3 is 19.2 Å². The van der Waals surface area contributed by atoms with Gasteiger partial charge in [0.05, 0.1) is 18.5 Å². The van der Waals surface area contributed by atoms with Gasteiger partial charge in [-0.25, -0.2) is 9.37 Å². The maximum absolute atomic E-state index is 13.4. The van der Waals surface area contributed by atoms with Gasteiger partial charge >= 0.3 is 7.12 Å². The van der Waals surface area contributed by atoms with Gasteiger partial charge in [0.2, 0.25) is 0 Å². The standard InChI is InChI=1S/C20H27BFN3O4Si/c1-20(2,3)30(4,5)28-13-17(16-7-6-15(22)12-24-16)29-19-11-14(21(26)27)10-18-23-8-9-25(18)19/h6-12,17,26-27H,13H2,1-5H3. The molecule has 160 valence electrons. The lowest BCUT2D eigenvalue weighted by Crippen LogP contribution is -2.42. The number of nitrogens with zero attached hydrogens (tertiary/aromatic N) is 3. The minimum Gasteiger partial charge on any atom is -0.466 e. The van der Waals surface area contributed by atoms with Crippen molar-refractivity contribution in [3.8, 4) is 5.88 Å². The van der Waals surface area contributed by atoms with E-state index in [1.807, 2.05) is 0 Å². The second-order valence-electron chi connectivity index (χ2n) is 8.74. The highest BCUT2D eigenvalue weighted by molar-refractivity contribution is 6.74. The molecule has 30 heavy (non-hydrogen) atoms. The van der Waals surface area contributed by atoms with Gasteiger partial charge in [-0.05, 0) is 47.9 Å². The first kappa shape index (κ1) is 22.4. The van der Waals surface area contributed by atoms with Crippen molar-refractivity contribution in [3.05, 3.63) is 54.4 Å². The summed E-state index contributed by atoms with van der Waals surface area (Å²) < 4.78 is 27.7. The van der Waals surface area contributed by atoms with E-state index in [0.29, 0.717) is 17.2 Å². The summed E-state index contributed by atoms with van der Waals surface area (Å²) in [7, 11) is -3.75. The third-order valence-electron chi connectivity index (χ3n) is 5.54. The van der Waals surface area contributed by atoms with E-state index in [4.69, 9.17) is 9.16 Å². The van der Waals surface area contributed by atoms with E-state index in [1.165, 1.54) is 12.1 Å². The Morgan fingerprint density at radius 3 is 2.53 bits per heavy atom. The first-order chi connectivity index (χ1) is 14.0. The third kappa shape index (κ3) is 4.89. The molecule has 0 spiro atoms. The second-order valence-corrected chi connectivity index (χ2v) is 13.5. The monoisotopic (exact) mass is 431 g/mol. The van der Waals surface area contributed by atoms with Crippen molar-refractivity contribution in [2.45, 2.75) is 45.0 Å². The second kappa shape index (κ2) is 8.46. The first-order valence-electron chi connectivity index (χ1n) is 9.73. The maximum Gasteiger partial charge on any atom is 0.488 e. The highest BCUT2D eigenvalue weighted by atomic mass is 28.4. The topological polar surface area (TPSA) is 89.1 Å². The highest BCUT2D eigenvalue weighted by Gasteiger charge is 2.38. The van der Waals surface area contributed by atoms with Crippen LogP contribution in [0, 0.1) is 5.82 Å². The van der Waals surface area contributed by atoms with Gasteiger partial charge in [0.25, 0.3) is 0 Å². The minimum atomic E-state index is -2.08. The molecule has 1 unspecified atom stereocenters. The molecular formula is C20H27BFN3O4Si. The Hall–Kier alpha value is -2.27. The Bertz CT molecular complexity index is 1010. The van der Waals surface area contributed by atoms with E-state index in [1.54, 1.807) is 28.9 Å². The van der Waals surface area contributed by atoms with Gasteiger partial charge in [0.1, 0.15) is 11.5 Å². The lowest BCUT2D eigenvalue weighted by atomic mass is 9.81. The number of imidazole rings is 1. The number of pyridine rings is 2. The van der Waals surface area contributed by atoms with Crippen molar-refractivity contribution in [1.82, 2.24) is 14.4 Å². The number of halogens is 1. The molecular weight excluding hydrogens is 404 g/mol. The lowest BCUT2D eigenvalue weighted by molar-refractivity contribution is 0.112. The van der Waals surface area contributed by atoms with Crippen molar-refractivity contribution < 1.29 is 23.6 Å². The SMILES string of the molecule is CC(C)(C)[Si](C)(C)OCC(Oc1cc(B(O)O)cc2nccn12)c1ccc(F)cn1. The Balaban J connectivity index is 1.96. The molecule has 3 aromatic heterocycles. The molecule has 3 heterocycles. The predicted molar refractivity (Wildman–Crippen MR) is 116 cm³/mol. The van der Waals surface area contributed by atoms with E-state index < -0.39 is 27.4 Å². The highest BCUT2D eigenvalue weighted by Crippen LogP contribution is 2.37. The number of rotatable bonds is 7. The Morgan fingerprint density at radius 2 is 1.93 bits per heavy atom. The van der Waals surface area contributed by atoms with E-state index in [0.717, 1.165) is 6.20 Å². The molecule has 7 nitrogen and oxygen atoms in total. The smallest absolute Gasteiger partial charge is 0.466 e. The van der Waals surface area contributed by atoms with Crippen LogP contribution in [0.5, 0.6) is 5.88 Å².